The molecular formula is C19H15F3N6O. The molecule has 3 heterocycles. The lowest BCUT2D eigenvalue weighted by Crippen LogP contribution is -2.33. The standard InChI is InChI=1S/C19H15F3N6O/c20-19(21,22)14-4-2-1-3-12(14)9-28-11-24-15-10-27(6-5-16(15)28)17-8-25-26-18(29)13(17)7-23/h1-4,8,11H,5-6,9-10H2,(H,26,29). The van der Waals surface area contributed by atoms with Gasteiger partial charge in [0.05, 0.1) is 36.0 Å². The second-order valence-electron chi connectivity index (χ2n) is 6.66. The van der Waals surface area contributed by atoms with Gasteiger partial charge in [-0.05, 0) is 11.6 Å². The number of aromatic nitrogens is 4. The van der Waals surface area contributed by atoms with Crippen LogP contribution in [0.5, 0.6) is 0 Å². The molecule has 1 aliphatic heterocycles. The predicted molar refractivity (Wildman–Crippen MR) is 97.1 cm³/mol. The van der Waals surface area contributed by atoms with Crippen molar-refractivity contribution >= 4 is 5.69 Å². The normalized spacial score (nSPS) is 13.8. The lowest BCUT2D eigenvalue weighted by atomic mass is 10.1. The SMILES string of the molecule is N#Cc1c(N2CCc3c(ncn3Cc3ccccc3C(F)(F)F)C2)cn[nH]c1=O. The van der Waals surface area contributed by atoms with Gasteiger partial charge in [0.2, 0.25) is 0 Å². The molecule has 0 radical (unpaired) electrons. The zero-order valence-electron chi connectivity index (χ0n) is 15.1. The Balaban J connectivity index is 1.62. The highest BCUT2D eigenvalue weighted by atomic mass is 19.4. The van der Waals surface area contributed by atoms with E-state index in [4.69, 9.17) is 0 Å². The van der Waals surface area contributed by atoms with Gasteiger partial charge in [-0.2, -0.15) is 23.5 Å². The molecule has 1 N–H and O–H groups in total. The summed E-state index contributed by atoms with van der Waals surface area (Å²) in [6.45, 7) is 0.885. The fourth-order valence-electron chi connectivity index (χ4n) is 3.57. The Morgan fingerprint density at radius 3 is 2.83 bits per heavy atom. The van der Waals surface area contributed by atoms with Crippen LogP contribution in [0.4, 0.5) is 18.9 Å². The summed E-state index contributed by atoms with van der Waals surface area (Å²) in [6.07, 6.45) is -0.958. The Hall–Kier alpha value is -3.61. The van der Waals surface area contributed by atoms with Crippen LogP contribution in [0, 0.1) is 11.3 Å². The number of benzene rings is 1. The number of anilines is 1. The van der Waals surface area contributed by atoms with Crippen LogP contribution in [0.2, 0.25) is 0 Å². The van der Waals surface area contributed by atoms with E-state index < -0.39 is 17.3 Å². The topological polar surface area (TPSA) is 90.6 Å². The molecule has 10 heteroatoms. The lowest BCUT2D eigenvalue weighted by Gasteiger charge is -2.29. The molecule has 29 heavy (non-hydrogen) atoms. The molecule has 0 unspecified atom stereocenters. The average Bonchev–Trinajstić information content (AvgIpc) is 3.09. The van der Waals surface area contributed by atoms with E-state index in [1.54, 1.807) is 10.6 Å². The minimum Gasteiger partial charge on any atom is -0.363 e. The number of fused-ring (bicyclic) bond motifs is 1. The van der Waals surface area contributed by atoms with Crippen molar-refractivity contribution in [3.63, 3.8) is 0 Å². The van der Waals surface area contributed by atoms with Crippen molar-refractivity contribution in [2.24, 2.45) is 0 Å². The van der Waals surface area contributed by atoms with E-state index >= 15 is 0 Å². The molecule has 4 rings (SSSR count). The molecule has 1 aliphatic rings. The summed E-state index contributed by atoms with van der Waals surface area (Å²) in [6, 6.07) is 7.38. The number of nitriles is 1. The molecule has 0 amide bonds. The second-order valence-corrected chi connectivity index (χ2v) is 6.66. The van der Waals surface area contributed by atoms with Crippen molar-refractivity contribution in [2.75, 3.05) is 11.4 Å². The summed E-state index contributed by atoms with van der Waals surface area (Å²) < 4.78 is 41.5. The number of hydrogen-bond donors (Lipinski definition) is 1. The van der Waals surface area contributed by atoms with E-state index in [2.05, 4.69) is 15.2 Å². The summed E-state index contributed by atoms with van der Waals surface area (Å²) >= 11 is 0. The minimum absolute atomic E-state index is 0.0259. The number of H-pyrrole nitrogens is 1. The highest BCUT2D eigenvalue weighted by Gasteiger charge is 2.33. The number of nitrogens with one attached hydrogen (secondary N) is 1. The maximum absolute atomic E-state index is 13.3. The summed E-state index contributed by atoms with van der Waals surface area (Å²) in [5, 5.41) is 15.2. The Labute approximate surface area is 163 Å². The first-order valence-electron chi connectivity index (χ1n) is 8.79. The van der Waals surface area contributed by atoms with Crippen LogP contribution in [0.3, 0.4) is 0 Å². The van der Waals surface area contributed by atoms with Crippen molar-refractivity contribution in [2.45, 2.75) is 25.7 Å². The molecular weight excluding hydrogens is 385 g/mol. The van der Waals surface area contributed by atoms with Crippen LogP contribution >= 0.6 is 0 Å². The van der Waals surface area contributed by atoms with E-state index in [9.17, 15) is 23.2 Å². The first-order valence-corrected chi connectivity index (χ1v) is 8.79. The van der Waals surface area contributed by atoms with Crippen molar-refractivity contribution < 1.29 is 13.2 Å². The molecule has 0 spiro atoms. The van der Waals surface area contributed by atoms with Crippen LogP contribution < -0.4 is 10.5 Å². The number of halogens is 3. The molecule has 0 aliphatic carbocycles. The molecule has 0 saturated heterocycles. The van der Waals surface area contributed by atoms with E-state index in [0.29, 0.717) is 30.9 Å². The van der Waals surface area contributed by atoms with Gasteiger partial charge in [0.1, 0.15) is 11.6 Å². The highest BCUT2D eigenvalue weighted by molar-refractivity contribution is 5.57. The van der Waals surface area contributed by atoms with Gasteiger partial charge in [0, 0.05) is 25.2 Å². The third-order valence-electron chi connectivity index (χ3n) is 4.94. The number of aromatic amines is 1. The van der Waals surface area contributed by atoms with Gasteiger partial charge in [-0.1, -0.05) is 18.2 Å². The van der Waals surface area contributed by atoms with Crippen molar-refractivity contribution in [1.29, 1.82) is 5.26 Å². The summed E-state index contributed by atoms with van der Waals surface area (Å²) in [5.74, 6) is 0. The first kappa shape index (κ1) is 18.7. The second kappa shape index (κ2) is 7.09. The first-order chi connectivity index (χ1) is 13.9. The minimum atomic E-state index is -4.42. The number of hydrogen-bond acceptors (Lipinski definition) is 5. The zero-order valence-corrected chi connectivity index (χ0v) is 15.1. The molecule has 0 bridgehead atoms. The van der Waals surface area contributed by atoms with Crippen molar-refractivity contribution in [3.05, 3.63) is 75.2 Å². The van der Waals surface area contributed by atoms with Crippen molar-refractivity contribution in [1.82, 2.24) is 19.7 Å². The summed E-state index contributed by atoms with van der Waals surface area (Å²) in [4.78, 5) is 18.0. The van der Waals surface area contributed by atoms with Crippen molar-refractivity contribution in [3.8, 4) is 6.07 Å². The van der Waals surface area contributed by atoms with Gasteiger partial charge in [-0.15, -0.1) is 0 Å². The average molecular weight is 400 g/mol. The fraction of sp³-hybridized carbons (Fsp3) is 0.263. The number of nitrogens with zero attached hydrogens (tertiary/aromatic N) is 5. The van der Waals surface area contributed by atoms with Gasteiger partial charge in [-0.25, -0.2) is 10.1 Å². The number of rotatable bonds is 3. The highest BCUT2D eigenvalue weighted by Crippen LogP contribution is 2.33. The Bertz CT molecular complexity index is 1160. The molecule has 1 aromatic carbocycles. The maximum Gasteiger partial charge on any atom is 0.416 e. The largest absolute Gasteiger partial charge is 0.416 e. The smallest absolute Gasteiger partial charge is 0.363 e. The van der Waals surface area contributed by atoms with E-state index in [0.717, 1.165) is 11.8 Å². The predicted octanol–water partition coefficient (Wildman–Crippen LogP) is 2.47. The van der Waals surface area contributed by atoms with E-state index in [-0.39, 0.29) is 17.7 Å². The zero-order chi connectivity index (χ0) is 20.6. The molecule has 2 aromatic heterocycles. The quantitative estimate of drug-likeness (QED) is 0.730. The molecule has 0 atom stereocenters. The molecule has 3 aromatic rings. The third-order valence-corrected chi connectivity index (χ3v) is 4.94. The Morgan fingerprint density at radius 2 is 2.07 bits per heavy atom. The molecule has 148 valence electrons. The van der Waals surface area contributed by atoms with Gasteiger partial charge in [0.15, 0.2) is 0 Å². The molecule has 0 fully saturated rings. The number of imidazole rings is 1. The van der Waals surface area contributed by atoms with Crippen LogP contribution in [0.25, 0.3) is 0 Å². The summed E-state index contributed by atoms with van der Waals surface area (Å²) in [7, 11) is 0. The maximum atomic E-state index is 13.3. The Morgan fingerprint density at radius 1 is 1.28 bits per heavy atom. The van der Waals surface area contributed by atoms with Gasteiger partial charge < -0.3 is 9.47 Å². The lowest BCUT2D eigenvalue weighted by molar-refractivity contribution is -0.138. The van der Waals surface area contributed by atoms with E-state index in [1.807, 2.05) is 11.0 Å². The third kappa shape index (κ3) is 3.47. The Kier molecular flexibility index (Phi) is 4.58. The molecule has 0 saturated carbocycles. The van der Waals surface area contributed by atoms with E-state index in [1.165, 1.54) is 24.7 Å². The number of alkyl halides is 3. The van der Waals surface area contributed by atoms with Gasteiger partial charge in [-0.3, -0.25) is 4.79 Å². The van der Waals surface area contributed by atoms with Crippen LogP contribution in [-0.4, -0.2) is 26.3 Å². The van der Waals surface area contributed by atoms with Gasteiger partial charge >= 0.3 is 6.18 Å². The monoisotopic (exact) mass is 400 g/mol. The fourth-order valence-corrected chi connectivity index (χ4v) is 3.57. The summed E-state index contributed by atoms with van der Waals surface area (Å²) in [5.41, 5.74) is 0.881. The van der Waals surface area contributed by atoms with Crippen LogP contribution in [0.15, 0.2) is 41.6 Å². The van der Waals surface area contributed by atoms with Crippen LogP contribution in [0.1, 0.15) is 28.1 Å². The van der Waals surface area contributed by atoms with Crippen LogP contribution in [-0.2, 0) is 25.7 Å². The van der Waals surface area contributed by atoms with Gasteiger partial charge in [0.25, 0.3) is 5.56 Å². The molecule has 7 nitrogen and oxygen atoms in total.